The molecular formula is C13H15IO2. The molecule has 0 N–H and O–H groups in total. The predicted octanol–water partition coefficient (Wildman–Crippen LogP) is 2.98. The van der Waals surface area contributed by atoms with E-state index in [1.807, 2.05) is 18.2 Å². The van der Waals surface area contributed by atoms with Crippen LogP contribution in [0.1, 0.15) is 18.9 Å². The van der Waals surface area contributed by atoms with Crippen LogP contribution >= 0.6 is 22.6 Å². The number of carbonyl (C=O) groups excluding carboxylic acids is 1. The second kappa shape index (κ2) is 5.17. The summed E-state index contributed by atoms with van der Waals surface area (Å²) in [4.78, 5) is 11.7. The fraction of sp³-hybridized carbons (Fsp3) is 0.462. The van der Waals surface area contributed by atoms with E-state index in [4.69, 9.17) is 4.74 Å². The minimum atomic E-state index is -0.0302. The van der Waals surface area contributed by atoms with Crippen molar-refractivity contribution in [3.05, 3.63) is 35.9 Å². The van der Waals surface area contributed by atoms with Crippen molar-refractivity contribution in [3.8, 4) is 0 Å². The molecule has 0 bridgehead atoms. The Morgan fingerprint density at radius 1 is 1.44 bits per heavy atom. The monoisotopic (exact) mass is 330 g/mol. The molecular weight excluding hydrogens is 315 g/mol. The number of benzene rings is 1. The molecule has 86 valence electrons. The van der Waals surface area contributed by atoms with E-state index in [1.54, 1.807) is 0 Å². The van der Waals surface area contributed by atoms with Gasteiger partial charge in [-0.1, -0.05) is 52.9 Å². The highest BCUT2D eigenvalue weighted by Gasteiger charge is 2.36. The first-order valence-corrected chi connectivity index (χ1v) is 6.80. The van der Waals surface area contributed by atoms with E-state index in [9.17, 15) is 4.79 Å². The van der Waals surface area contributed by atoms with Crippen LogP contribution in [-0.4, -0.2) is 16.0 Å². The molecule has 2 nitrogen and oxygen atoms in total. The molecule has 0 spiro atoms. The van der Waals surface area contributed by atoms with Crippen molar-refractivity contribution in [1.29, 1.82) is 0 Å². The van der Waals surface area contributed by atoms with Crippen LogP contribution in [0.2, 0.25) is 0 Å². The summed E-state index contributed by atoms with van der Waals surface area (Å²) in [5.41, 5.74) is 1.21. The van der Waals surface area contributed by atoms with E-state index in [2.05, 4.69) is 41.6 Å². The third kappa shape index (κ3) is 2.75. The Kier molecular flexibility index (Phi) is 3.84. The van der Waals surface area contributed by atoms with Crippen molar-refractivity contribution in [2.45, 2.75) is 29.8 Å². The van der Waals surface area contributed by atoms with Gasteiger partial charge in [-0.2, -0.15) is 0 Å². The Hall–Kier alpha value is -0.580. The van der Waals surface area contributed by atoms with Gasteiger partial charge in [0.05, 0.1) is 5.92 Å². The van der Waals surface area contributed by atoms with Crippen molar-refractivity contribution in [2.24, 2.45) is 5.92 Å². The highest BCUT2D eigenvalue weighted by Crippen LogP contribution is 2.29. The lowest BCUT2D eigenvalue weighted by atomic mass is 9.96. The van der Waals surface area contributed by atoms with E-state index < -0.39 is 0 Å². The van der Waals surface area contributed by atoms with Crippen LogP contribution in [0.4, 0.5) is 0 Å². The number of esters is 1. The standard InChI is InChI=1S/C13H15IO2/c1-9(14)12-8-11(13(15)16-12)7-10-5-3-2-4-6-10/h2-6,9,11-12H,7-8H2,1H3/t9?,11-,12+/m1/s1. The average Bonchev–Trinajstić information content (AvgIpc) is 2.62. The summed E-state index contributed by atoms with van der Waals surface area (Å²) in [6.07, 6.45) is 1.76. The predicted molar refractivity (Wildman–Crippen MR) is 71.6 cm³/mol. The fourth-order valence-corrected chi connectivity index (χ4v) is 2.46. The van der Waals surface area contributed by atoms with Gasteiger partial charge >= 0.3 is 5.97 Å². The zero-order valence-corrected chi connectivity index (χ0v) is 11.4. The number of hydrogen-bond donors (Lipinski definition) is 0. The van der Waals surface area contributed by atoms with Crippen LogP contribution in [0.3, 0.4) is 0 Å². The van der Waals surface area contributed by atoms with Crippen LogP contribution in [0.5, 0.6) is 0 Å². The van der Waals surface area contributed by atoms with Gasteiger partial charge in [-0.25, -0.2) is 0 Å². The van der Waals surface area contributed by atoms with Crippen LogP contribution in [0, 0.1) is 5.92 Å². The van der Waals surface area contributed by atoms with Gasteiger partial charge in [0.1, 0.15) is 6.10 Å². The van der Waals surface area contributed by atoms with Gasteiger partial charge in [-0.05, 0) is 25.3 Å². The first-order chi connectivity index (χ1) is 7.66. The summed E-state index contributed by atoms with van der Waals surface area (Å²) in [7, 11) is 0. The summed E-state index contributed by atoms with van der Waals surface area (Å²) in [6, 6.07) is 10.1. The van der Waals surface area contributed by atoms with Crippen molar-refractivity contribution in [3.63, 3.8) is 0 Å². The molecule has 3 heteroatoms. The van der Waals surface area contributed by atoms with E-state index in [0.717, 1.165) is 12.8 Å². The Morgan fingerprint density at radius 3 is 2.69 bits per heavy atom. The smallest absolute Gasteiger partial charge is 0.309 e. The van der Waals surface area contributed by atoms with Gasteiger partial charge in [0.2, 0.25) is 0 Å². The molecule has 0 saturated carbocycles. The highest BCUT2D eigenvalue weighted by molar-refractivity contribution is 14.1. The van der Waals surface area contributed by atoms with Crippen LogP contribution in [0.25, 0.3) is 0 Å². The average molecular weight is 330 g/mol. The lowest BCUT2D eigenvalue weighted by Crippen LogP contribution is -2.16. The molecule has 0 amide bonds. The molecule has 1 aromatic carbocycles. The second-order valence-corrected chi connectivity index (χ2v) is 6.24. The van der Waals surface area contributed by atoms with Crippen LogP contribution in [0.15, 0.2) is 30.3 Å². The second-order valence-electron chi connectivity index (χ2n) is 4.28. The first-order valence-electron chi connectivity index (χ1n) is 5.55. The molecule has 2 rings (SSSR count). The van der Waals surface area contributed by atoms with E-state index in [1.165, 1.54) is 5.56 Å². The number of carbonyl (C=O) groups is 1. The van der Waals surface area contributed by atoms with Gasteiger partial charge in [0.15, 0.2) is 0 Å². The number of rotatable bonds is 3. The lowest BCUT2D eigenvalue weighted by Gasteiger charge is -2.10. The van der Waals surface area contributed by atoms with Gasteiger partial charge in [0, 0.05) is 3.92 Å². The van der Waals surface area contributed by atoms with Crippen LogP contribution < -0.4 is 0 Å². The number of hydrogen-bond acceptors (Lipinski definition) is 2. The summed E-state index contributed by atoms with van der Waals surface area (Å²) in [5.74, 6) is 0.0157. The summed E-state index contributed by atoms with van der Waals surface area (Å²) < 4.78 is 5.75. The minimum Gasteiger partial charge on any atom is -0.461 e. The van der Waals surface area contributed by atoms with Gasteiger partial charge in [-0.3, -0.25) is 4.79 Å². The molecule has 0 aromatic heterocycles. The molecule has 1 heterocycles. The Labute approximate surface area is 110 Å². The quantitative estimate of drug-likeness (QED) is 0.484. The number of alkyl halides is 1. The van der Waals surface area contributed by atoms with Gasteiger partial charge in [0.25, 0.3) is 0 Å². The van der Waals surface area contributed by atoms with Crippen molar-refractivity contribution in [2.75, 3.05) is 0 Å². The van der Waals surface area contributed by atoms with E-state index >= 15 is 0 Å². The van der Waals surface area contributed by atoms with Gasteiger partial charge < -0.3 is 4.74 Å². The Balaban J connectivity index is 1.99. The maximum atomic E-state index is 11.7. The fourth-order valence-electron chi connectivity index (χ4n) is 2.02. The summed E-state index contributed by atoms with van der Waals surface area (Å²) >= 11 is 2.32. The van der Waals surface area contributed by atoms with E-state index in [0.29, 0.717) is 3.92 Å². The van der Waals surface area contributed by atoms with Gasteiger partial charge in [-0.15, -0.1) is 0 Å². The molecule has 1 saturated heterocycles. The van der Waals surface area contributed by atoms with Crippen LogP contribution in [-0.2, 0) is 16.0 Å². The Morgan fingerprint density at radius 2 is 2.12 bits per heavy atom. The molecule has 0 radical (unpaired) electrons. The number of ether oxygens (including phenoxy) is 1. The molecule has 1 aromatic rings. The zero-order chi connectivity index (χ0) is 11.5. The molecule has 1 aliphatic heterocycles. The maximum Gasteiger partial charge on any atom is 0.309 e. The highest BCUT2D eigenvalue weighted by atomic mass is 127. The zero-order valence-electron chi connectivity index (χ0n) is 9.23. The van der Waals surface area contributed by atoms with E-state index in [-0.39, 0.29) is 18.0 Å². The van der Waals surface area contributed by atoms with Crippen molar-refractivity contribution >= 4 is 28.6 Å². The number of cyclic esters (lactones) is 1. The van der Waals surface area contributed by atoms with Crippen molar-refractivity contribution < 1.29 is 9.53 Å². The minimum absolute atomic E-state index is 0.0302. The number of halogens is 1. The summed E-state index contributed by atoms with van der Waals surface area (Å²) in [6.45, 7) is 2.09. The molecule has 16 heavy (non-hydrogen) atoms. The normalized spacial score (nSPS) is 26.5. The molecule has 1 unspecified atom stereocenters. The molecule has 1 fully saturated rings. The third-order valence-electron chi connectivity index (χ3n) is 2.95. The SMILES string of the molecule is CC(I)[C@@H]1C[C@@H](Cc2ccccc2)C(=O)O1. The first kappa shape index (κ1) is 11.9. The molecule has 0 aliphatic carbocycles. The lowest BCUT2D eigenvalue weighted by molar-refractivity contribution is -0.144. The summed E-state index contributed by atoms with van der Waals surface area (Å²) in [5, 5.41) is 0. The maximum absolute atomic E-state index is 11.7. The molecule has 1 aliphatic rings. The van der Waals surface area contributed by atoms with Crippen molar-refractivity contribution in [1.82, 2.24) is 0 Å². The largest absolute Gasteiger partial charge is 0.461 e. The Bertz CT molecular complexity index is 361. The third-order valence-corrected chi connectivity index (χ3v) is 3.76. The molecule has 3 atom stereocenters. The topological polar surface area (TPSA) is 26.3 Å².